The molecule has 1 aromatic heterocycles. The number of nitrogens with zero attached hydrogens (tertiary/aromatic N) is 4. The van der Waals surface area contributed by atoms with E-state index in [1.165, 1.54) is 5.56 Å². The van der Waals surface area contributed by atoms with E-state index in [0.29, 0.717) is 49.8 Å². The summed E-state index contributed by atoms with van der Waals surface area (Å²) in [6.07, 6.45) is 5.75. The number of hydrogen-bond donors (Lipinski definition) is 0. The molecule has 7 nitrogen and oxygen atoms in total. The summed E-state index contributed by atoms with van der Waals surface area (Å²) >= 11 is 0. The highest BCUT2D eigenvalue weighted by Gasteiger charge is 2.30. The molecule has 7 heteroatoms. The van der Waals surface area contributed by atoms with Gasteiger partial charge in [0.05, 0.1) is 30.5 Å². The van der Waals surface area contributed by atoms with Crippen molar-refractivity contribution in [3.8, 4) is 0 Å². The Morgan fingerprint density at radius 1 is 1.10 bits per heavy atom. The third kappa shape index (κ3) is 5.10. The van der Waals surface area contributed by atoms with E-state index >= 15 is 0 Å². The fraction of sp³-hybridized carbons (Fsp3) is 0.500. The summed E-state index contributed by atoms with van der Waals surface area (Å²) in [5.41, 5.74) is 2.37. The van der Waals surface area contributed by atoms with Crippen LogP contribution in [0.1, 0.15) is 59.2 Å². The molecule has 2 saturated heterocycles. The summed E-state index contributed by atoms with van der Waals surface area (Å²) in [6, 6.07) is 9.97. The number of ether oxygens (including phenoxy) is 1. The molecule has 0 bridgehead atoms. The van der Waals surface area contributed by atoms with Crippen molar-refractivity contribution in [1.29, 1.82) is 0 Å². The number of amides is 2. The summed E-state index contributed by atoms with van der Waals surface area (Å²) in [4.78, 5) is 38.8. The van der Waals surface area contributed by atoms with E-state index in [0.717, 1.165) is 32.2 Å². The summed E-state index contributed by atoms with van der Waals surface area (Å²) in [7, 11) is 0. The molecule has 2 aliphatic rings. The van der Waals surface area contributed by atoms with E-state index in [2.05, 4.69) is 22.1 Å². The number of carbonyl (C=O) groups excluding carboxylic acids is 2. The van der Waals surface area contributed by atoms with Gasteiger partial charge in [-0.15, -0.1) is 0 Å². The number of morpholine rings is 1. The Labute approximate surface area is 183 Å². The fourth-order valence-corrected chi connectivity index (χ4v) is 4.33. The Morgan fingerprint density at radius 3 is 2.61 bits per heavy atom. The maximum absolute atomic E-state index is 13.0. The van der Waals surface area contributed by atoms with Gasteiger partial charge in [-0.2, -0.15) is 0 Å². The van der Waals surface area contributed by atoms with Crippen LogP contribution in [0.15, 0.2) is 36.5 Å². The molecule has 3 heterocycles. The van der Waals surface area contributed by atoms with Crippen LogP contribution in [0.5, 0.6) is 0 Å². The van der Waals surface area contributed by atoms with Gasteiger partial charge in [0.2, 0.25) is 5.91 Å². The van der Waals surface area contributed by atoms with Crippen molar-refractivity contribution in [3.63, 3.8) is 0 Å². The first-order valence-corrected chi connectivity index (χ1v) is 11.2. The lowest BCUT2D eigenvalue weighted by Crippen LogP contribution is -2.41. The molecule has 4 rings (SSSR count). The number of carbonyl (C=O) groups is 2. The molecule has 31 heavy (non-hydrogen) atoms. The second-order valence-corrected chi connectivity index (χ2v) is 8.22. The van der Waals surface area contributed by atoms with Gasteiger partial charge in [0, 0.05) is 32.3 Å². The van der Waals surface area contributed by atoms with Gasteiger partial charge in [0.25, 0.3) is 5.91 Å². The van der Waals surface area contributed by atoms with Crippen LogP contribution in [-0.4, -0.2) is 64.4 Å². The maximum Gasteiger partial charge on any atom is 0.257 e. The molecule has 0 spiro atoms. The average molecular weight is 423 g/mol. The molecule has 164 valence electrons. The van der Waals surface area contributed by atoms with Gasteiger partial charge in [-0.05, 0) is 38.2 Å². The van der Waals surface area contributed by atoms with Crippen LogP contribution in [0.3, 0.4) is 0 Å². The minimum absolute atomic E-state index is 0.0493. The van der Waals surface area contributed by atoms with Gasteiger partial charge in [-0.25, -0.2) is 9.97 Å². The van der Waals surface area contributed by atoms with Crippen molar-refractivity contribution >= 4 is 11.8 Å². The highest BCUT2D eigenvalue weighted by molar-refractivity contribution is 5.95. The van der Waals surface area contributed by atoms with E-state index in [1.54, 1.807) is 11.1 Å². The molecule has 0 saturated carbocycles. The number of rotatable bonds is 5. The van der Waals surface area contributed by atoms with Crippen LogP contribution in [-0.2, 0) is 16.0 Å². The molecule has 2 amide bonds. The van der Waals surface area contributed by atoms with E-state index < -0.39 is 0 Å². The molecule has 0 N–H and O–H groups in total. The minimum atomic E-state index is -0.122. The molecular formula is C24H30N4O3. The van der Waals surface area contributed by atoms with Crippen LogP contribution < -0.4 is 0 Å². The molecule has 0 unspecified atom stereocenters. The van der Waals surface area contributed by atoms with Gasteiger partial charge in [-0.1, -0.05) is 30.3 Å². The van der Waals surface area contributed by atoms with Crippen LogP contribution in [0, 0.1) is 6.92 Å². The molecule has 2 aliphatic heterocycles. The van der Waals surface area contributed by atoms with E-state index in [1.807, 2.05) is 30.0 Å². The van der Waals surface area contributed by atoms with Crippen molar-refractivity contribution in [1.82, 2.24) is 19.8 Å². The number of hydrogen-bond acceptors (Lipinski definition) is 5. The second kappa shape index (κ2) is 10.0. The zero-order valence-electron chi connectivity index (χ0n) is 18.1. The van der Waals surface area contributed by atoms with E-state index in [9.17, 15) is 9.59 Å². The summed E-state index contributed by atoms with van der Waals surface area (Å²) in [6.45, 7) is 4.88. The van der Waals surface area contributed by atoms with Crippen molar-refractivity contribution < 1.29 is 14.3 Å². The lowest BCUT2D eigenvalue weighted by molar-refractivity contribution is -0.135. The van der Waals surface area contributed by atoms with Gasteiger partial charge in [-0.3, -0.25) is 9.59 Å². The number of aryl methyl sites for hydroxylation is 2. The SMILES string of the molecule is Cc1nc([C@H]2CCCCN2C(=O)CCc2ccccc2)ncc1C(=O)N1CCOCC1. The number of aromatic nitrogens is 2. The largest absolute Gasteiger partial charge is 0.378 e. The fourth-order valence-electron chi connectivity index (χ4n) is 4.33. The van der Waals surface area contributed by atoms with Crippen LogP contribution in [0.25, 0.3) is 0 Å². The first-order valence-electron chi connectivity index (χ1n) is 11.2. The Balaban J connectivity index is 1.46. The number of likely N-dealkylation sites (tertiary alicyclic amines) is 1. The molecule has 2 fully saturated rings. The van der Waals surface area contributed by atoms with Gasteiger partial charge >= 0.3 is 0 Å². The first kappa shape index (κ1) is 21.4. The van der Waals surface area contributed by atoms with Gasteiger partial charge in [0.1, 0.15) is 0 Å². The smallest absolute Gasteiger partial charge is 0.257 e. The zero-order valence-corrected chi connectivity index (χ0v) is 18.1. The summed E-state index contributed by atoms with van der Waals surface area (Å²) in [5.74, 6) is 0.735. The second-order valence-electron chi connectivity index (χ2n) is 8.22. The first-order chi connectivity index (χ1) is 15.1. The predicted molar refractivity (Wildman–Crippen MR) is 117 cm³/mol. The third-order valence-corrected chi connectivity index (χ3v) is 6.12. The number of piperidine rings is 1. The third-order valence-electron chi connectivity index (χ3n) is 6.12. The molecule has 1 atom stereocenters. The quantitative estimate of drug-likeness (QED) is 0.741. The molecular weight excluding hydrogens is 392 g/mol. The minimum Gasteiger partial charge on any atom is -0.378 e. The van der Waals surface area contributed by atoms with Crippen LogP contribution >= 0.6 is 0 Å². The van der Waals surface area contributed by atoms with Crippen LogP contribution in [0.2, 0.25) is 0 Å². The van der Waals surface area contributed by atoms with Gasteiger partial charge < -0.3 is 14.5 Å². The van der Waals surface area contributed by atoms with Gasteiger partial charge in [0.15, 0.2) is 5.82 Å². The highest BCUT2D eigenvalue weighted by atomic mass is 16.5. The van der Waals surface area contributed by atoms with Crippen molar-refractivity contribution in [2.75, 3.05) is 32.8 Å². The zero-order chi connectivity index (χ0) is 21.6. The predicted octanol–water partition coefficient (Wildman–Crippen LogP) is 2.94. The highest BCUT2D eigenvalue weighted by Crippen LogP contribution is 2.30. The maximum atomic E-state index is 13.0. The van der Waals surface area contributed by atoms with Crippen LogP contribution in [0.4, 0.5) is 0 Å². The Bertz CT molecular complexity index is 912. The van der Waals surface area contributed by atoms with E-state index in [4.69, 9.17) is 4.74 Å². The Morgan fingerprint density at radius 2 is 1.87 bits per heavy atom. The Hall–Kier alpha value is -2.80. The molecule has 2 aromatic rings. The Kier molecular flexibility index (Phi) is 6.92. The topological polar surface area (TPSA) is 75.6 Å². The normalized spacial score (nSPS) is 19.3. The molecule has 0 aliphatic carbocycles. The summed E-state index contributed by atoms with van der Waals surface area (Å²) < 4.78 is 5.33. The monoisotopic (exact) mass is 422 g/mol. The average Bonchev–Trinajstić information content (AvgIpc) is 2.83. The lowest BCUT2D eigenvalue weighted by Gasteiger charge is -2.35. The lowest BCUT2D eigenvalue weighted by atomic mass is 9.99. The molecule has 1 aromatic carbocycles. The van der Waals surface area contributed by atoms with Crippen molar-refractivity contribution in [3.05, 3.63) is 59.2 Å². The summed E-state index contributed by atoms with van der Waals surface area (Å²) in [5, 5.41) is 0. The number of benzene rings is 1. The van der Waals surface area contributed by atoms with E-state index in [-0.39, 0.29) is 17.9 Å². The standard InChI is InChI=1S/C24H30N4O3/c1-18-20(24(30)27-13-15-31-16-14-27)17-25-23(26-18)21-9-5-6-12-28(21)22(29)11-10-19-7-3-2-4-8-19/h2-4,7-8,17,21H,5-6,9-16H2,1H3/t21-/m1/s1. The van der Waals surface area contributed by atoms with Crippen molar-refractivity contribution in [2.45, 2.75) is 45.1 Å². The molecule has 0 radical (unpaired) electrons. The van der Waals surface area contributed by atoms with Crippen molar-refractivity contribution in [2.24, 2.45) is 0 Å².